The Morgan fingerprint density at radius 1 is 1.06 bits per heavy atom. The van der Waals surface area contributed by atoms with Crippen LogP contribution in [0.25, 0.3) is 17.1 Å². The summed E-state index contributed by atoms with van der Waals surface area (Å²) in [6.07, 6.45) is -1.53. The number of carbonyl (C=O) groups excluding carboxylic acids is 1. The normalized spacial score (nSPS) is 11.8. The highest BCUT2D eigenvalue weighted by atomic mass is 19.1. The average molecular weight is 448 g/mol. The zero-order valence-corrected chi connectivity index (χ0v) is 17.6. The van der Waals surface area contributed by atoms with Crippen LogP contribution >= 0.6 is 0 Å². The van der Waals surface area contributed by atoms with Crippen molar-refractivity contribution in [3.63, 3.8) is 0 Å². The van der Waals surface area contributed by atoms with Gasteiger partial charge in [0.25, 0.3) is 5.91 Å². The number of halogens is 1. The predicted molar refractivity (Wildman–Crippen MR) is 119 cm³/mol. The largest absolute Gasteiger partial charge is 0.507 e. The molecule has 3 aromatic carbocycles. The Morgan fingerprint density at radius 3 is 2.39 bits per heavy atom. The van der Waals surface area contributed by atoms with Crippen LogP contribution in [0, 0.1) is 0 Å². The number of rotatable bonds is 7. The van der Waals surface area contributed by atoms with E-state index in [4.69, 9.17) is 10.5 Å². The summed E-state index contributed by atoms with van der Waals surface area (Å²) >= 11 is 0. The van der Waals surface area contributed by atoms with Crippen LogP contribution in [0.2, 0.25) is 0 Å². The number of nitrogens with two attached hydrogens (primary N) is 1. The van der Waals surface area contributed by atoms with Crippen LogP contribution in [0.5, 0.6) is 17.2 Å². The van der Waals surface area contributed by atoms with E-state index in [1.165, 1.54) is 17.7 Å². The van der Waals surface area contributed by atoms with E-state index in [1.54, 1.807) is 48.5 Å². The van der Waals surface area contributed by atoms with Crippen LogP contribution in [0.4, 0.5) is 4.39 Å². The number of carbonyl (C=O) groups is 1. The molecule has 0 aliphatic heterocycles. The Hall–Kier alpha value is -4.40. The van der Waals surface area contributed by atoms with E-state index in [1.807, 2.05) is 6.07 Å². The molecule has 9 heteroatoms. The molecular weight excluding hydrogens is 427 g/mol. The molecule has 0 aliphatic carbocycles. The fourth-order valence-electron chi connectivity index (χ4n) is 3.55. The van der Waals surface area contributed by atoms with Crippen molar-refractivity contribution in [2.75, 3.05) is 7.11 Å². The van der Waals surface area contributed by atoms with Gasteiger partial charge in [-0.15, -0.1) is 10.2 Å². The van der Waals surface area contributed by atoms with Gasteiger partial charge in [0.1, 0.15) is 23.4 Å². The van der Waals surface area contributed by atoms with E-state index in [0.29, 0.717) is 11.4 Å². The maximum absolute atomic E-state index is 15.2. The first-order valence-electron chi connectivity index (χ1n) is 10.0. The lowest BCUT2D eigenvalue weighted by molar-refractivity contribution is 0.0988. The van der Waals surface area contributed by atoms with Gasteiger partial charge in [0, 0.05) is 23.7 Å². The fourth-order valence-corrected chi connectivity index (χ4v) is 3.55. The van der Waals surface area contributed by atoms with Crippen molar-refractivity contribution in [1.82, 2.24) is 14.8 Å². The Balaban J connectivity index is 1.82. The highest BCUT2D eigenvalue weighted by molar-refractivity contribution is 5.91. The first-order valence-corrected chi connectivity index (χ1v) is 10.0. The van der Waals surface area contributed by atoms with Crippen molar-refractivity contribution in [1.29, 1.82) is 0 Å². The molecule has 0 saturated heterocycles. The van der Waals surface area contributed by atoms with Gasteiger partial charge in [0.15, 0.2) is 5.82 Å². The Bertz CT molecular complexity index is 1290. The second-order valence-electron chi connectivity index (χ2n) is 7.33. The minimum atomic E-state index is -1.56. The molecule has 168 valence electrons. The van der Waals surface area contributed by atoms with Gasteiger partial charge < -0.3 is 20.7 Å². The molecule has 1 unspecified atom stereocenters. The number of aromatic nitrogens is 3. The number of methoxy groups -OCH3 is 1. The molecule has 1 amide bonds. The van der Waals surface area contributed by atoms with Crippen LogP contribution in [0.3, 0.4) is 0 Å². The molecule has 0 saturated carbocycles. The van der Waals surface area contributed by atoms with E-state index in [2.05, 4.69) is 10.2 Å². The van der Waals surface area contributed by atoms with Crippen LogP contribution in [-0.4, -0.2) is 38.0 Å². The Labute approximate surface area is 188 Å². The first-order chi connectivity index (χ1) is 15.9. The van der Waals surface area contributed by atoms with Crippen molar-refractivity contribution in [2.45, 2.75) is 12.6 Å². The third kappa shape index (κ3) is 4.33. The number of alkyl halides is 1. The molecule has 0 aliphatic rings. The number of aromatic hydroxyl groups is 2. The summed E-state index contributed by atoms with van der Waals surface area (Å²) in [5, 5.41) is 28.7. The molecule has 1 heterocycles. The van der Waals surface area contributed by atoms with Gasteiger partial charge in [-0.25, -0.2) is 4.39 Å². The predicted octanol–water partition coefficient (Wildman–Crippen LogP) is 3.71. The quantitative estimate of drug-likeness (QED) is 0.396. The molecule has 0 bridgehead atoms. The minimum Gasteiger partial charge on any atom is -0.507 e. The van der Waals surface area contributed by atoms with Crippen molar-refractivity contribution in [3.8, 4) is 34.3 Å². The number of hydrogen-bond acceptors (Lipinski definition) is 6. The van der Waals surface area contributed by atoms with Gasteiger partial charge in [0.2, 0.25) is 5.82 Å². The summed E-state index contributed by atoms with van der Waals surface area (Å²) < 4.78 is 21.7. The molecule has 1 aromatic heterocycles. The van der Waals surface area contributed by atoms with Crippen LogP contribution < -0.4 is 10.5 Å². The number of phenolic OH excluding ortho intramolecular Hbond substituents is 2. The van der Waals surface area contributed by atoms with Gasteiger partial charge in [-0.1, -0.05) is 30.3 Å². The van der Waals surface area contributed by atoms with Crippen molar-refractivity contribution in [2.24, 2.45) is 5.73 Å². The molecule has 0 fully saturated rings. The Morgan fingerprint density at radius 2 is 1.76 bits per heavy atom. The highest BCUT2D eigenvalue weighted by Gasteiger charge is 2.25. The van der Waals surface area contributed by atoms with E-state index in [0.717, 1.165) is 11.6 Å². The molecule has 1 atom stereocenters. The average Bonchev–Trinajstić information content (AvgIpc) is 3.25. The van der Waals surface area contributed by atoms with Crippen molar-refractivity contribution < 1.29 is 24.1 Å². The summed E-state index contributed by atoms with van der Waals surface area (Å²) in [4.78, 5) is 12.0. The lowest BCUT2D eigenvalue weighted by atomic mass is 9.99. The molecule has 0 radical (unpaired) electrons. The van der Waals surface area contributed by atoms with Crippen molar-refractivity contribution >= 4 is 5.91 Å². The lowest BCUT2D eigenvalue weighted by Gasteiger charge is -2.15. The van der Waals surface area contributed by atoms with E-state index >= 15 is 4.39 Å². The van der Waals surface area contributed by atoms with Gasteiger partial charge in [0.05, 0.1) is 12.7 Å². The third-order valence-corrected chi connectivity index (χ3v) is 5.20. The summed E-state index contributed by atoms with van der Waals surface area (Å²) in [5.74, 6) is -1.13. The van der Waals surface area contributed by atoms with Gasteiger partial charge >= 0.3 is 0 Å². The standard InChI is InChI=1S/C24H21FN4O4/c1-33-16-9-7-15(8-10-16)29-23(27-28-24(29)22(26)32)18-12-17(20(30)13-21(18)31)19(25)11-14-5-3-2-4-6-14/h2-10,12-13,19,30-31H,11H2,1H3,(H2,26,32). The first kappa shape index (κ1) is 21.8. The van der Waals surface area contributed by atoms with Gasteiger partial charge in [-0.2, -0.15) is 0 Å². The van der Waals surface area contributed by atoms with E-state index in [-0.39, 0.29) is 34.9 Å². The summed E-state index contributed by atoms with van der Waals surface area (Å²) in [6.45, 7) is 0. The lowest BCUT2D eigenvalue weighted by Crippen LogP contribution is -2.17. The van der Waals surface area contributed by atoms with E-state index < -0.39 is 17.8 Å². The zero-order valence-electron chi connectivity index (χ0n) is 17.6. The SMILES string of the molecule is COc1ccc(-n2c(C(N)=O)nnc2-c2cc(C(F)Cc3ccccc3)c(O)cc2O)cc1. The van der Waals surface area contributed by atoms with Crippen LogP contribution in [0.15, 0.2) is 66.7 Å². The second kappa shape index (κ2) is 8.99. The smallest absolute Gasteiger partial charge is 0.287 e. The van der Waals surface area contributed by atoms with Gasteiger partial charge in [-0.05, 0) is 35.9 Å². The number of phenols is 2. The highest BCUT2D eigenvalue weighted by Crippen LogP contribution is 2.39. The number of amides is 1. The number of nitrogens with zero attached hydrogens (tertiary/aromatic N) is 3. The summed E-state index contributed by atoms with van der Waals surface area (Å²) in [6, 6.07) is 18.0. The fraction of sp³-hybridized carbons (Fsp3) is 0.125. The third-order valence-electron chi connectivity index (χ3n) is 5.20. The molecular formula is C24H21FN4O4. The second-order valence-corrected chi connectivity index (χ2v) is 7.33. The van der Waals surface area contributed by atoms with Crippen molar-refractivity contribution in [3.05, 3.63) is 83.7 Å². The van der Waals surface area contributed by atoms with Crippen LogP contribution in [-0.2, 0) is 6.42 Å². The number of hydrogen-bond donors (Lipinski definition) is 3. The molecule has 33 heavy (non-hydrogen) atoms. The molecule has 4 aromatic rings. The molecule has 4 rings (SSSR count). The topological polar surface area (TPSA) is 123 Å². The monoisotopic (exact) mass is 448 g/mol. The Kier molecular flexibility index (Phi) is 5.95. The maximum atomic E-state index is 15.2. The molecule has 4 N–H and O–H groups in total. The summed E-state index contributed by atoms with van der Waals surface area (Å²) in [7, 11) is 1.52. The maximum Gasteiger partial charge on any atom is 0.287 e. The number of ether oxygens (including phenoxy) is 1. The molecule has 8 nitrogen and oxygen atoms in total. The number of benzene rings is 3. The van der Waals surface area contributed by atoms with Gasteiger partial charge in [-0.3, -0.25) is 9.36 Å². The number of primary amides is 1. The minimum absolute atomic E-state index is 0.0241. The van der Waals surface area contributed by atoms with E-state index in [9.17, 15) is 15.0 Å². The van der Waals surface area contributed by atoms with Crippen LogP contribution in [0.1, 0.15) is 27.9 Å². The summed E-state index contributed by atoms with van der Waals surface area (Å²) in [5.41, 5.74) is 6.74. The molecule has 0 spiro atoms. The zero-order chi connectivity index (χ0) is 23.5.